The number of nitrogens with zero attached hydrogens (tertiary/aromatic N) is 2. The van der Waals surface area contributed by atoms with Crippen LogP contribution in [0.3, 0.4) is 0 Å². The van der Waals surface area contributed by atoms with Gasteiger partial charge in [0.25, 0.3) is 5.56 Å². The summed E-state index contributed by atoms with van der Waals surface area (Å²) in [6.45, 7) is 0. The fraction of sp³-hybridized carbons (Fsp3) is 0.0769. The van der Waals surface area contributed by atoms with Crippen LogP contribution in [0.15, 0.2) is 29.2 Å². The zero-order valence-corrected chi connectivity index (χ0v) is 10.4. The summed E-state index contributed by atoms with van der Waals surface area (Å²) in [6, 6.07) is 4.70. The first-order valence-electron chi connectivity index (χ1n) is 5.44. The van der Waals surface area contributed by atoms with Crippen LogP contribution in [0, 0.1) is 23.0 Å². The van der Waals surface area contributed by atoms with E-state index in [-0.39, 0.29) is 17.0 Å². The number of aromatic nitrogens is 1. The van der Waals surface area contributed by atoms with E-state index in [1.807, 2.05) is 0 Å². The highest BCUT2D eigenvalue weighted by molar-refractivity contribution is 5.50. The fourth-order valence-corrected chi connectivity index (χ4v) is 1.78. The molecule has 0 spiro atoms. The molecule has 2 N–H and O–H groups in total. The number of rotatable bonds is 2. The number of hydrogen-bond donors (Lipinski definition) is 1. The van der Waals surface area contributed by atoms with E-state index in [9.17, 15) is 13.6 Å². The van der Waals surface area contributed by atoms with E-state index in [4.69, 9.17) is 15.7 Å². The standard InChI is InChI=1S/C13H9F2N3O2/c1-20-11-2-3-18(13(19)8(11)6-16)12-9(14)4-7(17)5-10(12)15/h2-5H,17H2,1H3. The van der Waals surface area contributed by atoms with Crippen LogP contribution in [0.5, 0.6) is 5.75 Å². The maximum Gasteiger partial charge on any atom is 0.277 e. The molecule has 20 heavy (non-hydrogen) atoms. The van der Waals surface area contributed by atoms with Gasteiger partial charge in [-0.3, -0.25) is 9.36 Å². The summed E-state index contributed by atoms with van der Waals surface area (Å²) in [5.74, 6) is -1.97. The Morgan fingerprint density at radius 2 is 1.95 bits per heavy atom. The van der Waals surface area contributed by atoms with Gasteiger partial charge in [-0.2, -0.15) is 5.26 Å². The number of ether oxygens (including phenoxy) is 1. The molecule has 102 valence electrons. The van der Waals surface area contributed by atoms with Gasteiger partial charge in [0.15, 0.2) is 17.2 Å². The van der Waals surface area contributed by atoms with Crippen LogP contribution in [0.1, 0.15) is 5.56 Å². The number of anilines is 1. The Bertz CT molecular complexity index is 755. The van der Waals surface area contributed by atoms with Gasteiger partial charge in [-0.15, -0.1) is 0 Å². The molecule has 1 aromatic heterocycles. The summed E-state index contributed by atoms with van der Waals surface area (Å²) >= 11 is 0. The molecule has 0 aliphatic heterocycles. The van der Waals surface area contributed by atoms with E-state index in [0.717, 1.165) is 18.3 Å². The number of nitrogen functional groups attached to an aromatic ring is 1. The normalized spacial score (nSPS) is 10.1. The summed E-state index contributed by atoms with van der Waals surface area (Å²) in [6.07, 6.45) is 1.12. The van der Waals surface area contributed by atoms with Gasteiger partial charge in [-0.05, 0) is 18.2 Å². The molecule has 0 fully saturated rings. The SMILES string of the molecule is COc1ccn(-c2c(F)cc(N)cc2F)c(=O)c1C#N. The lowest BCUT2D eigenvalue weighted by atomic mass is 10.2. The number of methoxy groups -OCH3 is 1. The lowest BCUT2D eigenvalue weighted by Gasteiger charge is -2.11. The van der Waals surface area contributed by atoms with Gasteiger partial charge in [-0.25, -0.2) is 8.78 Å². The monoisotopic (exact) mass is 277 g/mol. The van der Waals surface area contributed by atoms with Gasteiger partial charge in [0, 0.05) is 11.9 Å². The quantitative estimate of drug-likeness (QED) is 0.845. The van der Waals surface area contributed by atoms with Crippen LogP contribution in [-0.4, -0.2) is 11.7 Å². The van der Waals surface area contributed by atoms with Crippen molar-refractivity contribution < 1.29 is 13.5 Å². The van der Waals surface area contributed by atoms with Crippen LogP contribution >= 0.6 is 0 Å². The predicted molar refractivity (Wildman–Crippen MR) is 67.6 cm³/mol. The highest BCUT2D eigenvalue weighted by Crippen LogP contribution is 2.21. The lowest BCUT2D eigenvalue weighted by Crippen LogP contribution is -2.23. The Balaban J connectivity index is 2.79. The molecule has 0 unspecified atom stereocenters. The maximum absolute atomic E-state index is 13.8. The summed E-state index contributed by atoms with van der Waals surface area (Å²) in [4.78, 5) is 12.1. The molecule has 1 heterocycles. The highest BCUT2D eigenvalue weighted by atomic mass is 19.1. The molecule has 0 amide bonds. The third-order valence-electron chi connectivity index (χ3n) is 2.67. The molecular formula is C13H9F2N3O2. The Labute approximate surface area is 112 Å². The number of benzene rings is 1. The second-order valence-corrected chi connectivity index (χ2v) is 3.88. The van der Waals surface area contributed by atoms with Crippen molar-refractivity contribution in [1.29, 1.82) is 5.26 Å². The Hall–Kier alpha value is -2.88. The number of hydrogen-bond acceptors (Lipinski definition) is 4. The van der Waals surface area contributed by atoms with Crippen molar-refractivity contribution in [3.05, 3.63) is 51.9 Å². The summed E-state index contributed by atoms with van der Waals surface area (Å²) in [7, 11) is 1.28. The number of nitriles is 1. The first-order chi connectivity index (χ1) is 9.49. The van der Waals surface area contributed by atoms with E-state index >= 15 is 0 Å². The first kappa shape index (κ1) is 13.5. The molecular weight excluding hydrogens is 268 g/mol. The van der Waals surface area contributed by atoms with Crippen LogP contribution in [0.2, 0.25) is 0 Å². The van der Waals surface area contributed by atoms with Crippen molar-refractivity contribution >= 4 is 5.69 Å². The Morgan fingerprint density at radius 1 is 1.35 bits per heavy atom. The fourth-order valence-electron chi connectivity index (χ4n) is 1.78. The van der Waals surface area contributed by atoms with Crippen LogP contribution in [0.25, 0.3) is 5.69 Å². The van der Waals surface area contributed by atoms with E-state index in [0.29, 0.717) is 4.57 Å². The van der Waals surface area contributed by atoms with Crippen molar-refractivity contribution in [1.82, 2.24) is 4.57 Å². The zero-order chi connectivity index (χ0) is 14.9. The largest absolute Gasteiger partial charge is 0.495 e. The topological polar surface area (TPSA) is 81.0 Å². The average Bonchev–Trinajstić information content (AvgIpc) is 2.39. The van der Waals surface area contributed by atoms with Crippen molar-refractivity contribution in [3.63, 3.8) is 0 Å². The summed E-state index contributed by atoms with van der Waals surface area (Å²) < 4.78 is 33.1. The van der Waals surface area contributed by atoms with Crippen LogP contribution < -0.4 is 16.0 Å². The minimum Gasteiger partial charge on any atom is -0.495 e. The highest BCUT2D eigenvalue weighted by Gasteiger charge is 2.17. The third kappa shape index (κ3) is 2.07. The Morgan fingerprint density at radius 3 is 2.45 bits per heavy atom. The van der Waals surface area contributed by atoms with Gasteiger partial charge in [0.1, 0.15) is 17.5 Å². The van der Waals surface area contributed by atoms with Crippen molar-refractivity contribution in [2.24, 2.45) is 0 Å². The molecule has 5 nitrogen and oxygen atoms in total. The molecule has 0 saturated carbocycles. The van der Waals surface area contributed by atoms with Crippen LogP contribution in [-0.2, 0) is 0 Å². The molecule has 0 aliphatic carbocycles. The molecule has 2 rings (SSSR count). The molecule has 0 radical (unpaired) electrons. The third-order valence-corrected chi connectivity index (χ3v) is 2.67. The predicted octanol–water partition coefficient (Wildman–Crippen LogP) is 1.58. The molecule has 2 aromatic rings. The average molecular weight is 277 g/mol. The van der Waals surface area contributed by atoms with E-state index in [1.165, 1.54) is 13.2 Å². The Kier molecular flexibility index (Phi) is 3.39. The van der Waals surface area contributed by atoms with Crippen molar-refractivity contribution in [2.75, 3.05) is 12.8 Å². The second kappa shape index (κ2) is 5.01. The smallest absolute Gasteiger partial charge is 0.277 e. The van der Waals surface area contributed by atoms with E-state index < -0.39 is 22.9 Å². The molecule has 0 aliphatic rings. The van der Waals surface area contributed by atoms with E-state index in [2.05, 4.69) is 0 Å². The molecule has 0 atom stereocenters. The maximum atomic E-state index is 13.8. The van der Waals surface area contributed by atoms with E-state index in [1.54, 1.807) is 6.07 Å². The number of nitrogens with two attached hydrogens (primary N) is 1. The summed E-state index contributed by atoms with van der Waals surface area (Å²) in [5, 5.41) is 8.93. The van der Waals surface area contributed by atoms with Crippen molar-refractivity contribution in [3.8, 4) is 17.5 Å². The van der Waals surface area contributed by atoms with Crippen molar-refractivity contribution in [2.45, 2.75) is 0 Å². The summed E-state index contributed by atoms with van der Waals surface area (Å²) in [5.41, 5.74) is 3.38. The molecule has 0 saturated heterocycles. The lowest BCUT2D eigenvalue weighted by molar-refractivity contribution is 0.411. The first-order valence-corrected chi connectivity index (χ1v) is 5.44. The molecule has 1 aromatic carbocycles. The second-order valence-electron chi connectivity index (χ2n) is 3.88. The number of pyridine rings is 1. The minimum absolute atomic E-state index is 0.0324. The molecule has 7 heteroatoms. The zero-order valence-electron chi connectivity index (χ0n) is 10.4. The van der Waals surface area contributed by atoms with Gasteiger partial charge < -0.3 is 10.5 Å². The minimum atomic E-state index is -1.00. The van der Waals surface area contributed by atoms with Gasteiger partial charge >= 0.3 is 0 Å². The van der Waals surface area contributed by atoms with Gasteiger partial charge in [-0.1, -0.05) is 0 Å². The van der Waals surface area contributed by atoms with Gasteiger partial charge in [0.2, 0.25) is 0 Å². The number of halogens is 2. The van der Waals surface area contributed by atoms with Gasteiger partial charge in [0.05, 0.1) is 7.11 Å². The molecule has 0 bridgehead atoms. The van der Waals surface area contributed by atoms with Crippen LogP contribution in [0.4, 0.5) is 14.5 Å².